The molecule has 1 aliphatic heterocycles. The van der Waals surface area contributed by atoms with E-state index in [1.54, 1.807) is 6.07 Å². The second kappa shape index (κ2) is 9.10. The van der Waals surface area contributed by atoms with Crippen molar-refractivity contribution in [2.75, 3.05) is 11.3 Å². The summed E-state index contributed by atoms with van der Waals surface area (Å²) in [4.78, 5) is 14.6. The monoisotopic (exact) mass is 515 g/mol. The summed E-state index contributed by atoms with van der Waals surface area (Å²) < 4.78 is 49.2. The number of likely N-dealkylation sites (tertiary alicyclic amines) is 1. The number of benzene rings is 2. The van der Waals surface area contributed by atoms with Crippen LogP contribution in [-0.2, 0) is 21.8 Å². The highest BCUT2D eigenvalue weighted by Crippen LogP contribution is 2.41. The van der Waals surface area contributed by atoms with E-state index in [0.29, 0.717) is 12.2 Å². The van der Waals surface area contributed by atoms with Crippen LogP contribution < -0.4 is 4.72 Å². The third-order valence-corrected chi connectivity index (χ3v) is 8.03. The summed E-state index contributed by atoms with van der Waals surface area (Å²) in [5, 5.41) is 0.961. The van der Waals surface area contributed by atoms with Crippen LogP contribution in [0.5, 0.6) is 0 Å². The van der Waals surface area contributed by atoms with Crippen LogP contribution in [0.2, 0.25) is 0 Å². The summed E-state index contributed by atoms with van der Waals surface area (Å²) in [6.07, 6.45) is 3.30. The largest absolute Gasteiger partial charge is 0.444 e. The van der Waals surface area contributed by atoms with Gasteiger partial charge in [0.15, 0.2) is 0 Å². The van der Waals surface area contributed by atoms with Gasteiger partial charge in [-0.15, -0.1) is 0 Å². The Hall–Kier alpha value is -3.07. The number of nitrogens with zero attached hydrogens (tertiary/aromatic N) is 2. The van der Waals surface area contributed by atoms with E-state index < -0.39 is 27.0 Å². The van der Waals surface area contributed by atoms with Crippen LogP contribution in [0.4, 0.5) is 14.9 Å². The van der Waals surface area contributed by atoms with Crippen molar-refractivity contribution in [2.45, 2.75) is 69.4 Å². The number of rotatable bonds is 4. The van der Waals surface area contributed by atoms with Gasteiger partial charge in [-0.25, -0.2) is 17.6 Å². The number of piperidine rings is 1. The molecule has 1 aliphatic rings. The fourth-order valence-corrected chi connectivity index (χ4v) is 6.01. The number of hydrogen-bond donors (Lipinski definition) is 1. The van der Waals surface area contributed by atoms with Gasteiger partial charge in [0.05, 0.1) is 4.90 Å². The van der Waals surface area contributed by atoms with Crippen molar-refractivity contribution in [3.05, 3.63) is 60.0 Å². The Balaban J connectivity index is 1.61. The van der Waals surface area contributed by atoms with Crippen LogP contribution >= 0.6 is 0 Å². The lowest BCUT2D eigenvalue weighted by Gasteiger charge is -2.45. The first kappa shape index (κ1) is 26.0. The SMILES string of the molecule is Cn1cc(C2CCN(C(=O)OC(C)(C)C)C(C)(C)C2)c2cc(NS(=O)(=O)c3ccc(F)cc3)ccc21. The van der Waals surface area contributed by atoms with Gasteiger partial charge in [0, 0.05) is 41.9 Å². The van der Waals surface area contributed by atoms with E-state index in [0.717, 1.165) is 41.4 Å². The number of aryl methyl sites for hydroxylation is 1. The Kier molecular flexibility index (Phi) is 6.58. The molecule has 1 amide bonds. The molecule has 2 heterocycles. The van der Waals surface area contributed by atoms with E-state index in [1.807, 2.05) is 49.4 Å². The van der Waals surface area contributed by atoms with Gasteiger partial charge in [0.25, 0.3) is 10.0 Å². The van der Waals surface area contributed by atoms with Crippen LogP contribution in [0.3, 0.4) is 0 Å². The van der Waals surface area contributed by atoms with E-state index in [1.165, 1.54) is 12.1 Å². The smallest absolute Gasteiger partial charge is 0.410 e. The first-order valence-corrected chi connectivity index (χ1v) is 13.5. The van der Waals surface area contributed by atoms with Gasteiger partial charge >= 0.3 is 6.09 Å². The molecule has 194 valence electrons. The average molecular weight is 516 g/mol. The first-order chi connectivity index (χ1) is 16.7. The molecule has 2 aromatic carbocycles. The second-order valence-electron chi connectivity index (χ2n) is 11.1. The van der Waals surface area contributed by atoms with Gasteiger partial charge in [0.1, 0.15) is 11.4 Å². The number of amides is 1. The molecule has 3 aromatic rings. The van der Waals surface area contributed by atoms with Crippen molar-refractivity contribution in [3.63, 3.8) is 0 Å². The lowest BCUT2D eigenvalue weighted by molar-refractivity contribution is -0.00926. The minimum absolute atomic E-state index is 0.00598. The number of carbonyl (C=O) groups is 1. The number of halogens is 1. The zero-order chi connectivity index (χ0) is 26.5. The number of nitrogens with one attached hydrogen (secondary N) is 1. The Bertz CT molecular complexity index is 1390. The summed E-state index contributed by atoms with van der Waals surface area (Å²) in [5.74, 6) is -0.309. The number of fused-ring (bicyclic) bond motifs is 1. The molecular weight excluding hydrogens is 481 g/mol. The minimum atomic E-state index is -3.86. The Morgan fingerprint density at radius 3 is 2.42 bits per heavy atom. The fraction of sp³-hybridized carbons (Fsp3) is 0.444. The van der Waals surface area contributed by atoms with E-state index >= 15 is 0 Å². The normalized spacial score (nSPS) is 18.3. The molecule has 0 aliphatic carbocycles. The Morgan fingerprint density at radius 1 is 1.14 bits per heavy atom. The molecule has 0 bridgehead atoms. The lowest BCUT2D eigenvalue weighted by atomic mass is 9.79. The topological polar surface area (TPSA) is 80.6 Å². The van der Waals surface area contributed by atoms with Crippen LogP contribution in [0.1, 0.15) is 58.9 Å². The maximum Gasteiger partial charge on any atom is 0.410 e. The molecule has 1 N–H and O–H groups in total. The van der Waals surface area contributed by atoms with Gasteiger partial charge in [-0.3, -0.25) is 4.72 Å². The minimum Gasteiger partial charge on any atom is -0.444 e. The summed E-state index contributed by atoms with van der Waals surface area (Å²) in [6.45, 7) is 10.3. The number of sulfonamides is 1. The third kappa shape index (κ3) is 5.36. The summed E-state index contributed by atoms with van der Waals surface area (Å²) in [5.41, 5.74) is 1.58. The number of anilines is 1. The highest BCUT2D eigenvalue weighted by molar-refractivity contribution is 7.92. The molecular formula is C27H34FN3O4S. The predicted octanol–water partition coefficient (Wildman–Crippen LogP) is 6.01. The molecule has 4 rings (SSSR count). The van der Waals surface area contributed by atoms with Crippen molar-refractivity contribution in [2.24, 2.45) is 7.05 Å². The molecule has 7 nitrogen and oxygen atoms in total. The van der Waals surface area contributed by atoms with E-state index in [9.17, 15) is 17.6 Å². The average Bonchev–Trinajstić information content (AvgIpc) is 3.07. The molecule has 1 saturated heterocycles. The third-order valence-electron chi connectivity index (χ3n) is 6.63. The lowest BCUT2D eigenvalue weighted by Crippen LogP contribution is -2.53. The van der Waals surface area contributed by atoms with E-state index in [4.69, 9.17) is 4.74 Å². The van der Waals surface area contributed by atoms with Crippen molar-refractivity contribution >= 4 is 32.7 Å². The molecule has 0 spiro atoms. The van der Waals surface area contributed by atoms with Gasteiger partial charge < -0.3 is 14.2 Å². The molecule has 1 atom stereocenters. The summed E-state index contributed by atoms with van der Waals surface area (Å²) in [7, 11) is -1.89. The van der Waals surface area contributed by atoms with E-state index in [2.05, 4.69) is 24.8 Å². The molecule has 0 saturated carbocycles. The van der Waals surface area contributed by atoms with Gasteiger partial charge in [-0.1, -0.05) is 0 Å². The second-order valence-corrected chi connectivity index (χ2v) is 12.8. The Morgan fingerprint density at radius 2 is 1.81 bits per heavy atom. The molecule has 0 radical (unpaired) electrons. The van der Waals surface area contributed by atoms with Crippen LogP contribution in [0, 0.1) is 5.82 Å². The molecule has 1 unspecified atom stereocenters. The predicted molar refractivity (Wildman–Crippen MR) is 139 cm³/mol. The highest BCUT2D eigenvalue weighted by Gasteiger charge is 2.40. The van der Waals surface area contributed by atoms with E-state index in [-0.39, 0.29) is 16.9 Å². The zero-order valence-electron chi connectivity index (χ0n) is 21.6. The zero-order valence-corrected chi connectivity index (χ0v) is 22.4. The van der Waals surface area contributed by atoms with Crippen LogP contribution in [-0.4, -0.2) is 41.7 Å². The van der Waals surface area contributed by atoms with Crippen molar-refractivity contribution < 1.29 is 22.3 Å². The van der Waals surface area contributed by atoms with Crippen LogP contribution in [0.15, 0.2) is 53.6 Å². The van der Waals surface area contributed by atoms with Gasteiger partial charge in [-0.05, 0) is 101 Å². The number of aromatic nitrogens is 1. The summed E-state index contributed by atoms with van der Waals surface area (Å²) >= 11 is 0. The quantitative estimate of drug-likeness (QED) is 0.461. The maximum atomic E-state index is 13.2. The molecule has 36 heavy (non-hydrogen) atoms. The number of carbonyl (C=O) groups excluding carboxylic acids is 1. The summed E-state index contributed by atoms with van der Waals surface area (Å²) in [6, 6.07) is 10.2. The Labute approximate surface area is 212 Å². The highest BCUT2D eigenvalue weighted by atomic mass is 32.2. The molecule has 9 heteroatoms. The first-order valence-electron chi connectivity index (χ1n) is 12.0. The standard InChI is InChI=1S/C27H34FN3O4S/c1-26(2,3)35-25(32)31-14-13-18(16-27(31,4)5)23-17-30(6)24-12-9-20(15-22(23)24)29-36(33,34)21-10-7-19(28)8-11-21/h7-12,15,17-18,29H,13-14,16H2,1-6H3. The van der Waals surface area contributed by atoms with Crippen molar-refractivity contribution in [1.29, 1.82) is 0 Å². The van der Waals surface area contributed by atoms with Crippen molar-refractivity contribution in [3.8, 4) is 0 Å². The fourth-order valence-electron chi connectivity index (χ4n) is 4.96. The van der Waals surface area contributed by atoms with Crippen LogP contribution in [0.25, 0.3) is 10.9 Å². The van der Waals surface area contributed by atoms with Gasteiger partial charge in [-0.2, -0.15) is 0 Å². The molecule has 1 aromatic heterocycles. The van der Waals surface area contributed by atoms with Crippen molar-refractivity contribution in [1.82, 2.24) is 9.47 Å². The maximum absolute atomic E-state index is 13.2. The number of hydrogen-bond acceptors (Lipinski definition) is 4. The number of ether oxygens (including phenoxy) is 1. The molecule has 1 fully saturated rings. The van der Waals surface area contributed by atoms with Gasteiger partial charge in [0.2, 0.25) is 0 Å².